The van der Waals surface area contributed by atoms with E-state index in [1.165, 1.54) is 18.2 Å². The van der Waals surface area contributed by atoms with Crippen LogP contribution in [-0.4, -0.2) is 46.9 Å². The van der Waals surface area contributed by atoms with Crippen LogP contribution in [0.5, 0.6) is 0 Å². The molecule has 0 spiro atoms. The van der Waals surface area contributed by atoms with Gasteiger partial charge in [0.15, 0.2) is 6.29 Å². The predicted molar refractivity (Wildman–Crippen MR) is 119 cm³/mol. The van der Waals surface area contributed by atoms with Gasteiger partial charge in [0, 0.05) is 44.8 Å². The Hall–Kier alpha value is -3.20. The Labute approximate surface area is 194 Å². The van der Waals surface area contributed by atoms with Crippen LogP contribution in [-0.2, 0) is 12.7 Å². The number of aromatic nitrogens is 2. The lowest BCUT2D eigenvalue weighted by molar-refractivity contribution is -0.137. The number of imidazole rings is 1. The van der Waals surface area contributed by atoms with E-state index in [0.29, 0.717) is 62.4 Å². The summed E-state index contributed by atoms with van der Waals surface area (Å²) in [6.07, 6.45) is -1.45. The van der Waals surface area contributed by atoms with Gasteiger partial charge in [-0.15, -0.1) is 0 Å². The van der Waals surface area contributed by atoms with Gasteiger partial charge in [-0.1, -0.05) is 30.3 Å². The number of nitrogens with zero attached hydrogens (tertiary/aromatic N) is 4. The lowest BCUT2D eigenvalue weighted by Gasteiger charge is -2.43. The van der Waals surface area contributed by atoms with Gasteiger partial charge in [0.2, 0.25) is 0 Å². The van der Waals surface area contributed by atoms with Gasteiger partial charge >= 0.3 is 6.18 Å². The number of anilines is 1. The molecule has 2 unspecified atom stereocenters. The molecule has 178 valence electrons. The van der Waals surface area contributed by atoms with Crippen molar-refractivity contribution in [3.8, 4) is 0 Å². The van der Waals surface area contributed by atoms with E-state index < -0.39 is 11.7 Å². The number of halogens is 4. The van der Waals surface area contributed by atoms with Crippen LogP contribution >= 0.6 is 0 Å². The van der Waals surface area contributed by atoms with Crippen LogP contribution in [0.2, 0.25) is 0 Å². The lowest BCUT2D eigenvalue weighted by Crippen LogP contribution is -2.49. The van der Waals surface area contributed by atoms with E-state index in [1.54, 1.807) is 24.4 Å². The number of benzene rings is 2. The van der Waals surface area contributed by atoms with Gasteiger partial charge in [0.05, 0.1) is 17.3 Å². The molecule has 2 aliphatic rings. The van der Waals surface area contributed by atoms with Crippen LogP contribution in [0.25, 0.3) is 0 Å². The summed E-state index contributed by atoms with van der Waals surface area (Å²) in [4.78, 5) is 20.1. The number of carbonyl (C=O) groups excluding carboxylic acids is 1. The zero-order valence-corrected chi connectivity index (χ0v) is 18.4. The first-order chi connectivity index (χ1) is 16.3. The van der Waals surface area contributed by atoms with Crippen molar-refractivity contribution in [1.82, 2.24) is 14.5 Å². The summed E-state index contributed by atoms with van der Waals surface area (Å²) in [5.74, 6) is 0.340. The van der Waals surface area contributed by atoms with E-state index in [-0.39, 0.29) is 17.8 Å². The fourth-order valence-corrected chi connectivity index (χ4v) is 5.11. The van der Waals surface area contributed by atoms with Gasteiger partial charge in [0.25, 0.3) is 0 Å². The predicted octanol–water partition coefficient (Wildman–Crippen LogP) is 4.90. The van der Waals surface area contributed by atoms with Crippen LogP contribution in [0.1, 0.15) is 45.8 Å². The number of rotatable bonds is 4. The first kappa shape index (κ1) is 22.6. The summed E-state index contributed by atoms with van der Waals surface area (Å²) in [5, 5.41) is 0. The SMILES string of the molecule is O=Cc1cn2c(n1)C(N1CCN(c3ccccc3F)CC1)CC(c1cccc(C(F)(F)F)c1)C2. The molecule has 1 saturated heterocycles. The third kappa shape index (κ3) is 4.32. The Bertz CT molecular complexity index is 1180. The highest BCUT2D eigenvalue weighted by molar-refractivity contribution is 5.71. The molecule has 3 heterocycles. The number of hydrogen-bond donors (Lipinski definition) is 0. The summed E-state index contributed by atoms with van der Waals surface area (Å²) in [7, 11) is 0. The number of fused-ring (bicyclic) bond motifs is 1. The molecular weight excluding hydrogens is 448 g/mol. The molecule has 2 aliphatic heterocycles. The quantitative estimate of drug-likeness (QED) is 0.400. The highest BCUT2D eigenvalue weighted by atomic mass is 19.4. The van der Waals surface area contributed by atoms with Crippen molar-refractivity contribution in [3.05, 3.63) is 83.2 Å². The summed E-state index contributed by atoms with van der Waals surface area (Å²) < 4.78 is 56.0. The molecule has 5 nitrogen and oxygen atoms in total. The van der Waals surface area contributed by atoms with E-state index in [0.717, 1.165) is 11.9 Å². The first-order valence-electron chi connectivity index (χ1n) is 11.3. The Morgan fingerprint density at radius 3 is 2.47 bits per heavy atom. The molecule has 0 amide bonds. The molecule has 5 rings (SSSR count). The summed E-state index contributed by atoms with van der Waals surface area (Å²) in [6.45, 7) is 3.00. The van der Waals surface area contributed by atoms with Crippen LogP contribution in [0.4, 0.5) is 23.2 Å². The molecular formula is C25H24F4N4O. The molecule has 0 N–H and O–H groups in total. The van der Waals surface area contributed by atoms with E-state index >= 15 is 0 Å². The number of alkyl halides is 3. The molecule has 0 radical (unpaired) electrons. The number of piperazine rings is 1. The van der Waals surface area contributed by atoms with Crippen molar-refractivity contribution in [2.45, 2.75) is 31.1 Å². The Morgan fingerprint density at radius 2 is 1.76 bits per heavy atom. The standard InChI is InChI=1S/C25H24F4N4O/c26-21-6-1-2-7-22(21)31-8-10-32(11-9-31)23-13-18(14-33-15-20(16-34)30-24(23)33)17-4-3-5-19(12-17)25(27,28)29/h1-7,12,15-16,18,23H,8-11,13-14H2. The van der Waals surface area contributed by atoms with Gasteiger partial charge in [-0.2, -0.15) is 13.2 Å². The number of para-hydroxylation sites is 1. The average Bonchev–Trinajstić information content (AvgIpc) is 3.27. The second-order valence-corrected chi connectivity index (χ2v) is 8.84. The van der Waals surface area contributed by atoms with Crippen LogP contribution in [0.15, 0.2) is 54.7 Å². The van der Waals surface area contributed by atoms with Crippen LogP contribution < -0.4 is 4.90 Å². The van der Waals surface area contributed by atoms with E-state index in [1.807, 2.05) is 15.5 Å². The molecule has 3 aromatic rings. The third-order valence-corrected chi connectivity index (χ3v) is 6.80. The van der Waals surface area contributed by atoms with Gasteiger partial charge in [0.1, 0.15) is 17.3 Å². The zero-order valence-electron chi connectivity index (χ0n) is 18.4. The molecule has 0 saturated carbocycles. The first-order valence-corrected chi connectivity index (χ1v) is 11.3. The van der Waals surface area contributed by atoms with Gasteiger partial charge in [-0.05, 0) is 30.2 Å². The normalized spacial score (nSPS) is 21.4. The summed E-state index contributed by atoms with van der Waals surface area (Å²) in [5.41, 5.74) is 0.842. The summed E-state index contributed by atoms with van der Waals surface area (Å²) in [6, 6.07) is 12.0. The van der Waals surface area contributed by atoms with Gasteiger partial charge < -0.3 is 9.47 Å². The molecule has 34 heavy (non-hydrogen) atoms. The Balaban J connectivity index is 1.40. The van der Waals surface area contributed by atoms with Crippen LogP contribution in [0.3, 0.4) is 0 Å². The zero-order chi connectivity index (χ0) is 23.9. The monoisotopic (exact) mass is 472 g/mol. The van der Waals surface area contributed by atoms with Crippen molar-refractivity contribution in [2.24, 2.45) is 0 Å². The van der Waals surface area contributed by atoms with Crippen molar-refractivity contribution < 1.29 is 22.4 Å². The molecule has 0 aliphatic carbocycles. The van der Waals surface area contributed by atoms with E-state index in [4.69, 9.17) is 0 Å². The second kappa shape index (κ2) is 8.87. The molecule has 2 atom stereocenters. The van der Waals surface area contributed by atoms with Crippen LogP contribution in [0, 0.1) is 5.82 Å². The van der Waals surface area contributed by atoms with Crippen molar-refractivity contribution in [2.75, 3.05) is 31.1 Å². The van der Waals surface area contributed by atoms with E-state index in [2.05, 4.69) is 9.88 Å². The number of aldehydes is 1. The largest absolute Gasteiger partial charge is 0.416 e. The maximum Gasteiger partial charge on any atom is 0.416 e. The summed E-state index contributed by atoms with van der Waals surface area (Å²) >= 11 is 0. The fraction of sp³-hybridized carbons (Fsp3) is 0.360. The van der Waals surface area contributed by atoms with Gasteiger partial charge in [-0.3, -0.25) is 9.69 Å². The minimum absolute atomic E-state index is 0.148. The molecule has 1 fully saturated rings. The number of hydrogen-bond acceptors (Lipinski definition) is 4. The second-order valence-electron chi connectivity index (χ2n) is 8.84. The lowest BCUT2D eigenvalue weighted by atomic mass is 9.87. The van der Waals surface area contributed by atoms with Crippen molar-refractivity contribution in [3.63, 3.8) is 0 Å². The maximum atomic E-state index is 14.2. The Kier molecular flexibility index (Phi) is 5.89. The van der Waals surface area contributed by atoms with Crippen molar-refractivity contribution >= 4 is 12.0 Å². The van der Waals surface area contributed by atoms with E-state index in [9.17, 15) is 22.4 Å². The highest BCUT2D eigenvalue weighted by Gasteiger charge is 2.37. The molecule has 0 bridgehead atoms. The maximum absolute atomic E-state index is 14.2. The molecule has 1 aromatic heterocycles. The topological polar surface area (TPSA) is 41.4 Å². The third-order valence-electron chi connectivity index (χ3n) is 6.80. The average molecular weight is 472 g/mol. The smallest absolute Gasteiger partial charge is 0.367 e. The number of carbonyl (C=O) groups is 1. The molecule has 2 aromatic carbocycles. The minimum Gasteiger partial charge on any atom is -0.367 e. The fourth-order valence-electron chi connectivity index (χ4n) is 5.11. The van der Waals surface area contributed by atoms with Gasteiger partial charge in [-0.25, -0.2) is 9.37 Å². The molecule has 9 heteroatoms. The van der Waals surface area contributed by atoms with Crippen molar-refractivity contribution in [1.29, 1.82) is 0 Å². The Morgan fingerprint density at radius 1 is 1.00 bits per heavy atom. The minimum atomic E-state index is -4.40. The highest BCUT2D eigenvalue weighted by Crippen LogP contribution is 2.40.